The Bertz CT molecular complexity index is 702. The quantitative estimate of drug-likeness (QED) is 0.898. The number of carbonyl (C=O) groups is 1. The lowest BCUT2D eigenvalue weighted by atomic mass is 10.1. The zero-order chi connectivity index (χ0) is 17.1. The van der Waals surface area contributed by atoms with Crippen LogP contribution in [0.25, 0.3) is 0 Å². The minimum Gasteiger partial charge on any atom is -0.474 e. The maximum Gasteiger partial charge on any atom is 0.276 e. The van der Waals surface area contributed by atoms with Crippen molar-refractivity contribution >= 4 is 11.6 Å². The molecule has 0 atom stereocenters. The van der Waals surface area contributed by atoms with E-state index in [1.54, 1.807) is 18.3 Å². The lowest BCUT2D eigenvalue weighted by molar-refractivity contribution is 0.102. The van der Waals surface area contributed by atoms with Crippen molar-refractivity contribution in [3.05, 3.63) is 35.3 Å². The Balaban J connectivity index is 1.58. The van der Waals surface area contributed by atoms with Gasteiger partial charge in [-0.1, -0.05) is 0 Å². The Labute approximate surface area is 141 Å². The molecule has 0 bridgehead atoms. The molecule has 2 N–H and O–H groups in total. The lowest BCUT2D eigenvalue weighted by Crippen LogP contribution is -2.35. The van der Waals surface area contributed by atoms with Crippen LogP contribution in [-0.2, 0) is 0 Å². The molecule has 1 saturated heterocycles. The van der Waals surface area contributed by atoms with E-state index < -0.39 is 0 Å². The SMILES string of the molecule is Cc1[nH]nc(C(=O)Nc2ccc(OC3CCN(C)CC3)nc2)c1C. The third kappa shape index (κ3) is 3.73. The highest BCUT2D eigenvalue weighted by molar-refractivity contribution is 6.03. The number of hydrogen-bond acceptors (Lipinski definition) is 5. The van der Waals surface area contributed by atoms with Crippen molar-refractivity contribution in [3.8, 4) is 5.88 Å². The number of anilines is 1. The zero-order valence-corrected chi connectivity index (χ0v) is 14.3. The van der Waals surface area contributed by atoms with Crippen molar-refractivity contribution < 1.29 is 9.53 Å². The third-order valence-electron chi connectivity index (χ3n) is 4.42. The molecule has 0 spiro atoms. The predicted octanol–water partition coefficient (Wildman–Crippen LogP) is 2.15. The summed E-state index contributed by atoms with van der Waals surface area (Å²) >= 11 is 0. The van der Waals surface area contributed by atoms with Crippen LogP contribution in [0.15, 0.2) is 18.3 Å². The van der Waals surface area contributed by atoms with Gasteiger partial charge >= 0.3 is 0 Å². The van der Waals surface area contributed by atoms with E-state index in [1.165, 1.54) is 0 Å². The van der Waals surface area contributed by atoms with Crippen molar-refractivity contribution in [2.75, 3.05) is 25.5 Å². The number of carbonyl (C=O) groups excluding carboxylic acids is 1. The fraction of sp³-hybridized carbons (Fsp3) is 0.471. The number of aromatic nitrogens is 3. The van der Waals surface area contributed by atoms with Gasteiger partial charge in [-0.2, -0.15) is 5.10 Å². The second-order valence-corrected chi connectivity index (χ2v) is 6.28. The van der Waals surface area contributed by atoms with E-state index in [2.05, 4.69) is 32.4 Å². The Morgan fingerprint density at radius 2 is 2.08 bits per heavy atom. The molecule has 3 heterocycles. The normalized spacial score (nSPS) is 16.1. The van der Waals surface area contributed by atoms with Crippen LogP contribution in [0.2, 0.25) is 0 Å². The number of nitrogens with zero attached hydrogens (tertiary/aromatic N) is 3. The lowest BCUT2D eigenvalue weighted by Gasteiger charge is -2.28. The summed E-state index contributed by atoms with van der Waals surface area (Å²) in [5, 5.41) is 9.64. The molecule has 7 nitrogen and oxygen atoms in total. The van der Waals surface area contributed by atoms with E-state index in [-0.39, 0.29) is 12.0 Å². The Morgan fingerprint density at radius 1 is 1.33 bits per heavy atom. The minimum atomic E-state index is -0.248. The number of pyridine rings is 1. The van der Waals surface area contributed by atoms with E-state index >= 15 is 0 Å². The molecule has 3 rings (SSSR count). The van der Waals surface area contributed by atoms with E-state index in [4.69, 9.17) is 4.74 Å². The van der Waals surface area contributed by atoms with Crippen LogP contribution in [0.5, 0.6) is 5.88 Å². The van der Waals surface area contributed by atoms with E-state index in [9.17, 15) is 4.79 Å². The summed E-state index contributed by atoms with van der Waals surface area (Å²) in [5.74, 6) is 0.344. The van der Waals surface area contributed by atoms with Gasteiger partial charge in [-0.3, -0.25) is 9.89 Å². The Hall–Kier alpha value is -2.41. The fourth-order valence-corrected chi connectivity index (χ4v) is 2.69. The van der Waals surface area contributed by atoms with Gasteiger partial charge in [-0.05, 0) is 39.8 Å². The third-order valence-corrected chi connectivity index (χ3v) is 4.42. The van der Waals surface area contributed by atoms with Gasteiger partial charge in [0.05, 0.1) is 11.9 Å². The van der Waals surface area contributed by atoms with Crippen LogP contribution in [0, 0.1) is 13.8 Å². The van der Waals surface area contributed by atoms with E-state index in [0.717, 1.165) is 37.2 Å². The largest absolute Gasteiger partial charge is 0.474 e. The average Bonchev–Trinajstić information content (AvgIpc) is 2.91. The molecule has 2 aromatic rings. The number of hydrogen-bond donors (Lipinski definition) is 2. The molecule has 1 aliphatic heterocycles. The number of nitrogens with one attached hydrogen (secondary N) is 2. The Morgan fingerprint density at radius 3 is 2.67 bits per heavy atom. The van der Waals surface area contributed by atoms with Gasteiger partial charge in [-0.15, -0.1) is 0 Å². The molecule has 0 aliphatic carbocycles. The average molecular weight is 329 g/mol. The fourth-order valence-electron chi connectivity index (χ4n) is 2.69. The number of amides is 1. The molecule has 0 unspecified atom stereocenters. The summed E-state index contributed by atoms with van der Waals surface area (Å²) < 4.78 is 5.90. The van der Waals surface area contributed by atoms with Crippen LogP contribution in [0.1, 0.15) is 34.6 Å². The summed E-state index contributed by atoms with van der Waals surface area (Å²) in [6, 6.07) is 3.58. The van der Waals surface area contributed by atoms with E-state index in [1.807, 2.05) is 13.8 Å². The predicted molar refractivity (Wildman–Crippen MR) is 91.4 cm³/mol. The maximum atomic E-state index is 12.2. The van der Waals surface area contributed by atoms with Gasteiger partial charge in [0.15, 0.2) is 5.69 Å². The van der Waals surface area contributed by atoms with Crippen LogP contribution in [0.4, 0.5) is 5.69 Å². The number of piperidine rings is 1. The first-order valence-electron chi connectivity index (χ1n) is 8.17. The molecule has 24 heavy (non-hydrogen) atoms. The smallest absolute Gasteiger partial charge is 0.276 e. The summed E-state index contributed by atoms with van der Waals surface area (Å²) in [4.78, 5) is 18.8. The first-order valence-corrected chi connectivity index (χ1v) is 8.17. The van der Waals surface area contributed by atoms with Crippen LogP contribution >= 0.6 is 0 Å². The molecule has 0 radical (unpaired) electrons. The number of H-pyrrole nitrogens is 1. The molecule has 2 aromatic heterocycles. The van der Waals surface area contributed by atoms with Crippen LogP contribution in [-0.4, -0.2) is 52.2 Å². The number of aromatic amines is 1. The summed E-state index contributed by atoms with van der Waals surface area (Å²) in [7, 11) is 2.12. The Kier molecular flexibility index (Phi) is 4.80. The number of ether oxygens (including phenoxy) is 1. The molecule has 0 aromatic carbocycles. The van der Waals surface area contributed by atoms with Gasteiger partial charge in [0.25, 0.3) is 5.91 Å². The van der Waals surface area contributed by atoms with Crippen molar-refractivity contribution in [2.45, 2.75) is 32.8 Å². The zero-order valence-electron chi connectivity index (χ0n) is 14.3. The number of aryl methyl sites for hydroxylation is 1. The second kappa shape index (κ2) is 7.00. The van der Waals surface area contributed by atoms with Gasteiger partial charge in [-0.25, -0.2) is 4.98 Å². The van der Waals surface area contributed by atoms with Crippen molar-refractivity contribution in [1.82, 2.24) is 20.1 Å². The first kappa shape index (κ1) is 16.4. The summed E-state index contributed by atoms with van der Waals surface area (Å²) in [6.07, 6.45) is 3.84. The number of likely N-dealkylation sites (tertiary alicyclic amines) is 1. The molecule has 1 fully saturated rings. The molecule has 128 valence electrons. The minimum absolute atomic E-state index is 0.212. The maximum absolute atomic E-state index is 12.2. The van der Waals surface area contributed by atoms with Gasteiger partial charge in [0.2, 0.25) is 5.88 Å². The summed E-state index contributed by atoms with van der Waals surface area (Å²) in [5.41, 5.74) is 2.76. The molecule has 0 saturated carbocycles. The van der Waals surface area contributed by atoms with Crippen molar-refractivity contribution in [1.29, 1.82) is 0 Å². The molecule has 1 aliphatic rings. The number of rotatable bonds is 4. The standard InChI is InChI=1S/C17H23N5O2/c1-11-12(2)20-21-16(11)17(23)19-13-4-5-15(18-10-13)24-14-6-8-22(3)9-7-14/h4-5,10,14H,6-9H2,1-3H3,(H,19,23)(H,20,21). The van der Waals surface area contributed by atoms with Gasteiger partial charge in [0, 0.05) is 30.4 Å². The topological polar surface area (TPSA) is 83.1 Å². The molecule has 1 amide bonds. The van der Waals surface area contributed by atoms with Crippen LogP contribution in [0.3, 0.4) is 0 Å². The van der Waals surface area contributed by atoms with E-state index in [0.29, 0.717) is 17.3 Å². The first-order chi connectivity index (χ1) is 11.5. The van der Waals surface area contributed by atoms with Gasteiger partial charge in [0.1, 0.15) is 6.10 Å². The van der Waals surface area contributed by atoms with Crippen molar-refractivity contribution in [2.24, 2.45) is 0 Å². The molecular formula is C17H23N5O2. The van der Waals surface area contributed by atoms with Gasteiger partial charge < -0.3 is 15.0 Å². The highest BCUT2D eigenvalue weighted by Crippen LogP contribution is 2.19. The highest BCUT2D eigenvalue weighted by atomic mass is 16.5. The second-order valence-electron chi connectivity index (χ2n) is 6.28. The monoisotopic (exact) mass is 329 g/mol. The molecular weight excluding hydrogens is 306 g/mol. The summed E-state index contributed by atoms with van der Waals surface area (Å²) in [6.45, 7) is 5.84. The van der Waals surface area contributed by atoms with Crippen LogP contribution < -0.4 is 10.1 Å². The van der Waals surface area contributed by atoms with Crippen molar-refractivity contribution in [3.63, 3.8) is 0 Å². The molecule has 7 heteroatoms. The highest BCUT2D eigenvalue weighted by Gasteiger charge is 2.19.